The highest BCUT2D eigenvalue weighted by Gasteiger charge is 2.37. The average molecular weight is 768 g/mol. The van der Waals surface area contributed by atoms with E-state index in [9.17, 15) is 0 Å². The average Bonchev–Trinajstić information content (AvgIpc) is 3.55. The molecule has 11 rings (SSSR count). The molecular formula is C59H45N. The van der Waals surface area contributed by atoms with Crippen LogP contribution in [0.1, 0.15) is 30.5 Å². The summed E-state index contributed by atoms with van der Waals surface area (Å²) in [6.07, 6.45) is 20.5. The number of benzene rings is 7. The summed E-state index contributed by atoms with van der Waals surface area (Å²) in [5.41, 5.74) is 21.2. The van der Waals surface area contributed by atoms with E-state index in [4.69, 9.17) is 0 Å². The van der Waals surface area contributed by atoms with Crippen molar-refractivity contribution in [3.63, 3.8) is 0 Å². The molecule has 1 nitrogen and oxygen atoms in total. The number of nitrogens with zero attached hydrogens (tertiary/aromatic N) is 1. The topological polar surface area (TPSA) is 3.24 Å². The van der Waals surface area contributed by atoms with Gasteiger partial charge in [-0.05, 0) is 103 Å². The van der Waals surface area contributed by atoms with Crippen molar-refractivity contribution >= 4 is 22.6 Å². The van der Waals surface area contributed by atoms with Crippen LogP contribution >= 0.6 is 0 Å². The maximum Gasteiger partial charge on any atom is 0.0540 e. The summed E-state index contributed by atoms with van der Waals surface area (Å²) in [6, 6.07) is 62.7. The molecule has 0 fully saturated rings. The lowest BCUT2D eigenvalue weighted by Gasteiger charge is -2.33. The number of fused-ring (bicyclic) bond motifs is 6. The first-order valence-corrected chi connectivity index (χ1v) is 21.2. The van der Waals surface area contributed by atoms with Gasteiger partial charge >= 0.3 is 0 Å². The molecule has 0 saturated heterocycles. The molecule has 7 aromatic carbocycles. The van der Waals surface area contributed by atoms with E-state index < -0.39 is 0 Å². The predicted octanol–water partition coefficient (Wildman–Crippen LogP) is 15.6. The van der Waals surface area contributed by atoms with E-state index in [1.165, 1.54) is 77.9 Å². The molecule has 1 heteroatoms. The van der Waals surface area contributed by atoms with Gasteiger partial charge in [-0.2, -0.15) is 0 Å². The molecule has 2 atom stereocenters. The molecule has 0 amide bonds. The van der Waals surface area contributed by atoms with Gasteiger partial charge in [0.25, 0.3) is 0 Å². The molecule has 0 spiro atoms. The van der Waals surface area contributed by atoms with E-state index in [0.29, 0.717) is 11.8 Å². The van der Waals surface area contributed by atoms with Crippen LogP contribution in [0.2, 0.25) is 0 Å². The standard InChI is InChI=1S/C59H45N/c1-59(2)55-29-15-13-27-52(55)58-51(28-17-30-56(58)59)50-26-14-16-31-57(50)60(45-36-37-47(40-18-5-3-6-19-40)54(39-45)41-20-7-4-8-21-41)44-34-32-42(33-35-44)53-38-43-22-9-10-23-46(43)48-24-11-12-25-49(48)53/h3-39,46,48H,1-2H3. The first kappa shape index (κ1) is 35.9. The Bertz CT molecular complexity index is 2990. The van der Waals surface area contributed by atoms with Gasteiger partial charge in [0.05, 0.1) is 5.69 Å². The van der Waals surface area contributed by atoms with E-state index in [1.54, 1.807) is 0 Å². The van der Waals surface area contributed by atoms with Crippen molar-refractivity contribution in [3.8, 4) is 44.5 Å². The zero-order valence-electron chi connectivity index (χ0n) is 34.0. The molecular weight excluding hydrogens is 723 g/mol. The third-order valence-corrected chi connectivity index (χ3v) is 13.1. The first-order chi connectivity index (χ1) is 29.5. The SMILES string of the molecule is CC1(C)c2ccccc2-c2c(-c3ccccc3N(c3ccc(C4=C5C=CC=CC5C5C=CC=CC5=C4)cc3)c3ccc(-c4ccccc4)c(-c4ccccc4)c3)cccc21. The van der Waals surface area contributed by atoms with Gasteiger partial charge in [0.1, 0.15) is 0 Å². The summed E-state index contributed by atoms with van der Waals surface area (Å²) in [6.45, 7) is 4.73. The number of allylic oxidation sites excluding steroid dienone is 12. The van der Waals surface area contributed by atoms with Crippen LogP contribution in [0.3, 0.4) is 0 Å². The molecule has 0 saturated carbocycles. The van der Waals surface area contributed by atoms with Gasteiger partial charge in [0.15, 0.2) is 0 Å². The minimum Gasteiger partial charge on any atom is -0.310 e. The molecule has 4 aliphatic rings. The molecule has 0 bridgehead atoms. The van der Waals surface area contributed by atoms with Crippen LogP contribution in [-0.2, 0) is 5.41 Å². The zero-order valence-corrected chi connectivity index (χ0v) is 34.0. The summed E-state index contributed by atoms with van der Waals surface area (Å²) in [5, 5.41) is 0. The van der Waals surface area contributed by atoms with Crippen molar-refractivity contribution in [2.24, 2.45) is 11.8 Å². The number of para-hydroxylation sites is 1. The number of hydrogen-bond acceptors (Lipinski definition) is 1. The Balaban J connectivity index is 1.11. The molecule has 4 aliphatic carbocycles. The minimum absolute atomic E-state index is 0.0968. The normalized spacial score (nSPS) is 17.7. The summed E-state index contributed by atoms with van der Waals surface area (Å²) in [5.74, 6) is 0.701. The fourth-order valence-corrected chi connectivity index (χ4v) is 10.2. The van der Waals surface area contributed by atoms with Crippen LogP contribution in [0.25, 0.3) is 50.1 Å². The Labute approximate surface area is 354 Å². The van der Waals surface area contributed by atoms with Crippen molar-refractivity contribution in [1.29, 1.82) is 0 Å². The summed E-state index contributed by atoms with van der Waals surface area (Å²) < 4.78 is 0. The van der Waals surface area contributed by atoms with Crippen LogP contribution in [0.15, 0.2) is 236 Å². The molecule has 0 aromatic heterocycles. The monoisotopic (exact) mass is 767 g/mol. The zero-order chi connectivity index (χ0) is 40.2. The second kappa shape index (κ2) is 14.6. The highest BCUT2D eigenvalue weighted by Crippen LogP contribution is 2.54. The van der Waals surface area contributed by atoms with Gasteiger partial charge in [-0.1, -0.05) is 208 Å². The van der Waals surface area contributed by atoms with Gasteiger partial charge in [0.2, 0.25) is 0 Å². The largest absolute Gasteiger partial charge is 0.310 e. The Kier molecular flexibility index (Phi) is 8.71. The Morgan fingerprint density at radius 1 is 0.433 bits per heavy atom. The molecule has 7 aromatic rings. The van der Waals surface area contributed by atoms with Crippen LogP contribution in [0.4, 0.5) is 17.1 Å². The van der Waals surface area contributed by atoms with Gasteiger partial charge in [-0.25, -0.2) is 0 Å². The number of anilines is 3. The third-order valence-electron chi connectivity index (χ3n) is 13.1. The highest BCUT2D eigenvalue weighted by atomic mass is 15.1. The lowest BCUT2D eigenvalue weighted by molar-refractivity contribution is 0.618. The molecule has 0 aliphatic heterocycles. The van der Waals surface area contributed by atoms with E-state index in [-0.39, 0.29) is 5.41 Å². The van der Waals surface area contributed by atoms with Gasteiger partial charge in [-0.3, -0.25) is 0 Å². The van der Waals surface area contributed by atoms with Crippen LogP contribution in [0.5, 0.6) is 0 Å². The Morgan fingerprint density at radius 2 is 1.05 bits per heavy atom. The first-order valence-electron chi connectivity index (χ1n) is 21.2. The molecule has 2 unspecified atom stereocenters. The van der Waals surface area contributed by atoms with Crippen LogP contribution in [-0.4, -0.2) is 0 Å². The van der Waals surface area contributed by atoms with E-state index in [0.717, 1.165) is 17.1 Å². The smallest absolute Gasteiger partial charge is 0.0540 e. The van der Waals surface area contributed by atoms with Gasteiger partial charge in [0, 0.05) is 34.2 Å². The molecule has 60 heavy (non-hydrogen) atoms. The van der Waals surface area contributed by atoms with Crippen molar-refractivity contribution in [3.05, 3.63) is 252 Å². The minimum atomic E-state index is -0.0968. The predicted molar refractivity (Wildman–Crippen MR) is 254 cm³/mol. The number of hydrogen-bond donors (Lipinski definition) is 0. The lowest BCUT2D eigenvalue weighted by Crippen LogP contribution is -2.21. The molecule has 286 valence electrons. The second-order valence-corrected chi connectivity index (χ2v) is 16.8. The summed E-state index contributed by atoms with van der Waals surface area (Å²) in [4.78, 5) is 2.47. The fraction of sp³-hybridized carbons (Fsp3) is 0.0847. The lowest BCUT2D eigenvalue weighted by atomic mass is 9.70. The van der Waals surface area contributed by atoms with E-state index in [1.807, 2.05) is 0 Å². The van der Waals surface area contributed by atoms with Crippen molar-refractivity contribution in [1.82, 2.24) is 0 Å². The van der Waals surface area contributed by atoms with Gasteiger partial charge < -0.3 is 4.90 Å². The molecule has 0 radical (unpaired) electrons. The third kappa shape index (κ3) is 5.92. The fourth-order valence-electron chi connectivity index (χ4n) is 10.2. The highest BCUT2D eigenvalue weighted by molar-refractivity contribution is 5.99. The van der Waals surface area contributed by atoms with Crippen LogP contribution < -0.4 is 4.90 Å². The van der Waals surface area contributed by atoms with E-state index >= 15 is 0 Å². The summed E-state index contributed by atoms with van der Waals surface area (Å²) in [7, 11) is 0. The summed E-state index contributed by atoms with van der Waals surface area (Å²) >= 11 is 0. The maximum absolute atomic E-state index is 2.47. The molecule has 0 N–H and O–H groups in total. The van der Waals surface area contributed by atoms with Crippen molar-refractivity contribution in [2.75, 3.05) is 4.90 Å². The quantitative estimate of drug-likeness (QED) is 0.156. The number of rotatable bonds is 7. The van der Waals surface area contributed by atoms with Crippen molar-refractivity contribution < 1.29 is 0 Å². The maximum atomic E-state index is 2.47. The Hall–Kier alpha value is -7.22. The van der Waals surface area contributed by atoms with Gasteiger partial charge in [-0.15, -0.1) is 0 Å². The Morgan fingerprint density at radius 3 is 1.83 bits per heavy atom. The second-order valence-electron chi connectivity index (χ2n) is 16.8. The van der Waals surface area contributed by atoms with Crippen LogP contribution in [0, 0.1) is 11.8 Å². The molecule has 0 heterocycles. The van der Waals surface area contributed by atoms with Crippen molar-refractivity contribution in [2.45, 2.75) is 19.3 Å². The van der Waals surface area contributed by atoms with E-state index in [2.05, 4.69) is 243 Å².